The molecule has 0 bridgehead atoms. The smallest absolute Gasteiger partial charge is 0.357 e. The largest absolute Gasteiger partial charge is 0.476 e. The normalized spacial score (nSPS) is 10.9. The zero-order valence-corrected chi connectivity index (χ0v) is 9.40. The molecule has 84 valence electrons. The highest BCUT2D eigenvalue weighted by Gasteiger charge is 2.15. The molecule has 2 rings (SSSR count). The van der Waals surface area contributed by atoms with Crippen LogP contribution in [0.4, 0.5) is 0 Å². The number of aryl methyl sites for hydroxylation is 2. The SMILES string of the molecule is CCCn1nc(C(=O)O)c2cc(C)ccc21. The molecule has 0 aliphatic heterocycles. The van der Waals surface area contributed by atoms with Crippen LogP contribution in [-0.4, -0.2) is 20.9 Å². The Morgan fingerprint density at radius 3 is 2.88 bits per heavy atom. The number of rotatable bonds is 3. The van der Waals surface area contributed by atoms with Crippen molar-refractivity contribution in [2.45, 2.75) is 26.8 Å². The molecule has 4 heteroatoms. The first kappa shape index (κ1) is 10.7. The van der Waals surface area contributed by atoms with Gasteiger partial charge in [-0.05, 0) is 25.5 Å². The molecule has 0 aliphatic rings. The molecular weight excluding hydrogens is 204 g/mol. The van der Waals surface area contributed by atoms with Gasteiger partial charge in [0.15, 0.2) is 5.69 Å². The van der Waals surface area contributed by atoms with Crippen LogP contribution >= 0.6 is 0 Å². The van der Waals surface area contributed by atoms with Crippen LogP contribution in [-0.2, 0) is 6.54 Å². The van der Waals surface area contributed by atoms with Crippen molar-refractivity contribution >= 4 is 16.9 Å². The zero-order valence-electron chi connectivity index (χ0n) is 9.40. The van der Waals surface area contributed by atoms with Gasteiger partial charge in [0.2, 0.25) is 0 Å². The number of carboxylic acids is 1. The second-order valence-corrected chi connectivity index (χ2v) is 3.90. The van der Waals surface area contributed by atoms with Gasteiger partial charge in [-0.25, -0.2) is 4.79 Å². The van der Waals surface area contributed by atoms with Crippen molar-refractivity contribution in [3.8, 4) is 0 Å². The predicted molar refractivity (Wildman–Crippen MR) is 61.7 cm³/mol. The van der Waals surface area contributed by atoms with Gasteiger partial charge in [0.1, 0.15) is 0 Å². The number of fused-ring (bicyclic) bond motifs is 1. The van der Waals surface area contributed by atoms with E-state index in [1.54, 1.807) is 4.68 Å². The van der Waals surface area contributed by atoms with E-state index >= 15 is 0 Å². The van der Waals surface area contributed by atoms with Crippen LogP contribution in [0.15, 0.2) is 18.2 Å². The number of aromatic carboxylic acids is 1. The number of hydrogen-bond acceptors (Lipinski definition) is 2. The lowest BCUT2D eigenvalue weighted by Gasteiger charge is -1.99. The molecule has 1 aromatic heterocycles. The van der Waals surface area contributed by atoms with E-state index < -0.39 is 5.97 Å². The third-order valence-corrected chi connectivity index (χ3v) is 2.54. The van der Waals surface area contributed by atoms with E-state index in [0.29, 0.717) is 0 Å². The number of hydrogen-bond donors (Lipinski definition) is 1. The number of nitrogens with zero attached hydrogens (tertiary/aromatic N) is 2. The molecule has 1 heterocycles. The molecule has 0 unspecified atom stereocenters. The Hall–Kier alpha value is -1.84. The van der Waals surface area contributed by atoms with Gasteiger partial charge in [0.25, 0.3) is 0 Å². The van der Waals surface area contributed by atoms with E-state index in [-0.39, 0.29) is 5.69 Å². The highest BCUT2D eigenvalue weighted by Crippen LogP contribution is 2.20. The third kappa shape index (κ3) is 1.66. The monoisotopic (exact) mass is 218 g/mol. The fourth-order valence-corrected chi connectivity index (χ4v) is 1.83. The second kappa shape index (κ2) is 3.96. The summed E-state index contributed by atoms with van der Waals surface area (Å²) in [5.41, 5.74) is 2.09. The van der Waals surface area contributed by atoms with Crippen molar-refractivity contribution in [3.05, 3.63) is 29.5 Å². The Kier molecular flexibility index (Phi) is 2.64. The average Bonchev–Trinajstić information content (AvgIpc) is 2.57. The highest BCUT2D eigenvalue weighted by molar-refractivity contribution is 6.01. The topological polar surface area (TPSA) is 55.1 Å². The minimum Gasteiger partial charge on any atom is -0.476 e. The summed E-state index contributed by atoms with van der Waals surface area (Å²) >= 11 is 0. The summed E-state index contributed by atoms with van der Waals surface area (Å²) in [6.45, 7) is 4.73. The van der Waals surface area contributed by atoms with E-state index in [0.717, 1.165) is 29.4 Å². The minimum atomic E-state index is -0.967. The molecule has 4 nitrogen and oxygen atoms in total. The zero-order chi connectivity index (χ0) is 11.7. The van der Waals surface area contributed by atoms with Gasteiger partial charge < -0.3 is 5.11 Å². The maximum Gasteiger partial charge on any atom is 0.357 e. The van der Waals surface area contributed by atoms with Crippen molar-refractivity contribution in [3.63, 3.8) is 0 Å². The number of carboxylic acid groups (broad SMARTS) is 1. The van der Waals surface area contributed by atoms with Crippen LogP contribution < -0.4 is 0 Å². The summed E-state index contributed by atoms with van der Waals surface area (Å²) in [6, 6.07) is 5.78. The summed E-state index contributed by atoms with van der Waals surface area (Å²) in [7, 11) is 0. The van der Waals surface area contributed by atoms with Crippen LogP contribution in [0.1, 0.15) is 29.4 Å². The Morgan fingerprint density at radius 2 is 2.25 bits per heavy atom. The van der Waals surface area contributed by atoms with Crippen LogP contribution in [0, 0.1) is 6.92 Å². The third-order valence-electron chi connectivity index (χ3n) is 2.54. The molecule has 0 fully saturated rings. The van der Waals surface area contributed by atoms with Crippen molar-refractivity contribution in [2.24, 2.45) is 0 Å². The van der Waals surface area contributed by atoms with Crippen LogP contribution in [0.2, 0.25) is 0 Å². The summed E-state index contributed by atoms with van der Waals surface area (Å²) in [5.74, 6) is -0.967. The van der Waals surface area contributed by atoms with Gasteiger partial charge >= 0.3 is 5.97 Å². The molecule has 0 atom stereocenters. The summed E-state index contributed by atoms with van der Waals surface area (Å²) in [4.78, 5) is 11.1. The van der Waals surface area contributed by atoms with E-state index in [9.17, 15) is 4.79 Å². The van der Waals surface area contributed by atoms with E-state index in [4.69, 9.17) is 5.11 Å². The number of carbonyl (C=O) groups is 1. The Morgan fingerprint density at radius 1 is 1.50 bits per heavy atom. The van der Waals surface area contributed by atoms with Gasteiger partial charge in [-0.3, -0.25) is 4.68 Å². The first-order valence-corrected chi connectivity index (χ1v) is 5.34. The lowest BCUT2D eigenvalue weighted by Crippen LogP contribution is -2.02. The molecule has 0 saturated heterocycles. The van der Waals surface area contributed by atoms with Gasteiger partial charge in [0, 0.05) is 11.9 Å². The average molecular weight is 218 g/mol. The number of benzene rings is 1. The van der Waals surface area contributed by atoms with E-state index in [2.05, 4.69) is 5.10 Å². The standard InChI is InChI=1S/C12H14N2O2/c1-3-6-14-10-5-4-8(2)7-9(10)11(13-14)12(15)16/h4-5,7H,3,6H2,1-2H3,(H,15,16). The quantitative estimate of drug-likeness (QED) is 0.860. The van der Waals surface area contributed by atoms with Gasteiger partial charge in [-0.1, -0.05) is 18.6 Å². The molecule has 0 aliphatic carbocycles. The lowest BCUT2D eigenvalue weighted by molar-refractivity contribution is 0.0691. The van der Waals surface area contributed by atoms with Crippen LogP contribution in [0.5, 0.6) is 0 Å². The van der Waals surface area contributed by atoms with Gasteiger partial charge in [0.05, 0.1) is 5.52 Å². The van der Waals surface area contributed by atoms with Crippen molar-refractivity contribution in [1.82, 2.24) is 9.78 Å². The summed E-state index contributed by atoms with van der Waals surface area (Å²) < 4.78 is 1.76. The van der Waals surface area contributed by atoms with Gasteiger partial charge in [-0.15, -0.1) is 0 Å². The van der Waals surface area contributed by atoms with Crippen molar-refractivity contribution < 1.29 is 9.90 Å². The maximum atomic E-state index is 11.1. The fourth-order valence-electron chi connectivity index (χ4n) is 1.83. The van der Waals surface area contributed by atoms with Crippen molar-refractivity contribution in [1.29, 1.82) is 0 Å². The van der Waals surface area contributed by atoms with Crippen LogP contribution in [0.3, 0.4) is 0 Å². The molecule has 0 spiro atoms. The first-order chi connectivity index (χ1) is 7.63. The molecule has 1 aromatic carbocycles. The minimum absolute atomic E-state index is 0.146. The molecule has 0 amide bonds. The fraction of sp³-hybridized carbons (Fsp3) is 0.333. The lowest BCUT2D eigenvalue weighted by atomic mass is 10.1. The van der Waals surface area contributed by atoms with E-state index in [1.165, 1.54) is 0 Å². The maximum absolute atomic E-state index is 11.1. The second-order valence-electron chi connectivity index (χ2n) is 3.90. The number of aromatic nitrogens is 2. The van der Waals surface area contributed by atoms with Crippen molar-refractivity contribution in [2.75, 3.05) is 0 Å². The van der Waals surface area contributed by atoms with E-state index in [1.807, 2.05) is 32.0 Å². The Labute approximate surface area is 93.5 Å². The molecule has 1 N–H and O–H groups in total. The Bertz CT molecular complexity index is 543. The van der Waals surface area contributed by atoms with Crippen LogP contribution in [0.25, 0.3) is 10.9 Å². The van der Waals surface area contributed by atoms with Gasteiger partial charge in [-0.2, -0.15) is 5.10 Å². The molecule has 0 saturated carbocycles. The highest BCUT2D eigenvalue weighted by atomic mass is 16.4. The molecular formula is C12H14N2O2. The Balaban J connectivity index is 2.71. The first-order valence-electron chi connectivity index (χ1n) is 5.34. The molecule has 0 radical (unpaired) electrons. The summed E-state index contributed by atoms with van der Waals surface area (Å²) in [5, 5.41) is 13.9. The molecule has 16 heavy (non-hydrogen) atoms. The predicted octanol–water partition coefficient (Wildman–Crippen LogP) is 2.45. The summed E-state index contributed by atoms with van der Waals surface area (Å²) in [6.07, 6.45) is 0.934. The molecule has 2 aromatic rings.